The zero-order valence-corrected chi connectivity index (χ0v) is 18.7. The first kappa shape index (κ1) is 35.4. The van der Waals surface area contributed by atoms with E-state index in [0.29, 0.717) is 0 Å². The number of alkyl halides is 18. The second-order valence-corrected chi connectivity index (χ2v) is 7.17. The number of rotatable bonds is 9. The summed E-state index contributed by atoms with van der Waals surface area (Å²) in [7, 11) is -8.16. The van der Waals surface area contributed by atoms with Crippen molar-refractivity contribution < 1.29 is 143 Å². The molecule has 0 saturated carbocycles. The Hall–Kier alpha value is 0.286. The third-order valence-corrected chi connectivity index (χ3v) is 4.36. The molecule has 0 aliphatic heterocycles. The first-order valence-corrected chi connectivity index (χ1v) is 8.09. The van der Waals surface area contributed by atoms with E-state index in [-0.39, 0.29) is 51.4 Å². The van der Waals surface area contributed by atoms with E-state index in [1.54, 1.807) is 0 Å². The average Bonchev–Trinajstić information content (AvgIpc) is 2.50. The third kappa shape index (κ3) is 5.37. The van der Waals surface area contributed by atoms with Gasteiger partial charge in [-0.15, -0.1) is 0 Å². The Morgan fingerprint density at radius 1 is 0.576 bits per heavy atom. The third-order valence-electron chi connectivity index (χ3n) is 3.48. The second-order valence-electron chi connectivity index (χ2n) is 5.75. The molecule has 0 aliphatic rings. The summed E-state index contributed by atoms with van der Waals surface area (Å²) < 4.78 is 262. The van der Waals surface area contributed by atoms with Crippen molar-refractivity contribution in [2.45, 2.75) is 59.6 Å². The molecule has 0 bridgehead atoms. The van der Waals surface area contributed by atoms with Crippen LogP contribution in [0.15, 0.2) is 0 Å². The van der Waals surface area contributed by atoms with Crippen LogP contribution in [-0.2, 0) is 10.1 Å². The smallest absolute Gasteiger partial charge is 0.743 e. The topological polar surface area (TPSA) is 57.2 Å². The van der Waals surface area contributed by atoms with E-state index in [4.69, 9.17) is 0 Å². The van der Waals surface area contributed by atoms with E-state index in [2.05, 4.69) is 0 Å². The van der Waals surface area contributed by atoms with Crippen LogP contribution in [0.2, 0.25) is 0 Å². The first-order valence-electron chi connectivity index (χ1n) is 6.69. The van der Waals surface area contributed by atoms with Crippen LogP contribution in [0.25, 0.3) is 0 Å². The van der Waals surface area contributed by atoms with Crippen LogP contribution in [0.5, 0.6) is 0 Å². The van der Waals surface area contributed by atoms with Gasteiger partial charge in [-0.1, -0.05) is 0 Å². The maximum Gasteiger partial charge on any atom is 1.00 e. The van der Waals surface area contributed by atoms with E-state index >= 15 is 0 Å². The van der Waals surface area contributed by atoms with E-state index < -0.39 is 69.7 Å². The fourth-order valence-electron chi connectivity index (χ4n) is 1.67. The summed E-state index contributed by atoms with van der Waals surface area (Å²) in [5, 5.41) is -7.96. The van der Waals surface area contributed by atoms with Gasteiger partial charge in [-0.2, -0.15) is 74.6 Å². The molecule has 0 saturated heterocycles. The molecule has 0 N–H and O–H groups in total. The molecule has 33 heavy (non-hydrogen) atoms. The molecule has 0 aromatic rings. The van der Waals surface area contributed by atoms with Crippen molar-refractivity contribution in [2.24, 2.45) is 0 Å². The second kappa shape index (κ2) is 9.30. The van der Waals surface area contributed by atoms with Gasteiger partial charge in [0.1, 0.15) is 0 Å². The Kier molecular flexibility index (Phi) is 9.99. The Labute approximate surface area is 212 Å². The molecule has 0 heterocycles. The Balaban J connectivity index is 0. The minimum atomic E-state index is -8.87. The predicted molar refractivity (Wildman–Crippen MR) is 59.9 cm³/mol. The summed E-state index contributed by atoms with van der Waals surface area (Å²) in [5.74, 6) is -51.1. The van der Waals surface area contributed by atoms with Gasteiger partial charge < -0.3 is 4.55 Å². The largest absolute Gasteiger partial charge is 1.00 e. The summed E-state index contributed by atoms with van der Waals surface area (Å²) in [6.07, 6.45) is -15.6. The van der Waals surface area contributed by atoms with Crippen LogP contribution in [-0.4, -0.2) is 66.1 Å². The average molecular weight is 584 g/mol. The number of hydrogen-bond acceptors (Lipinski definition) is 3. The van der Waals surface area contributed by atoms with Crippen LogP contribution in [0.3, 0.4) is 0 Å². The summed E-state index contributed by atoms with van der Waals surface area (Å²) in [6.45, 7) is 0. The van der Waals surface area contributed by atoms with Crippen molar-refractivity contribution in [3.05, 3.63) is 0 Å². The van der Waals surface area contributed by atoms with Gasteiger partial charge in [0.05, 0.1) is 6.42 Å². The van der Waals surface area contributed by atoms with Crippen molar-refractivity contribution in [3.63, 3.8) is 0 Å². The normalized spacial score (nSPS) is 16.9. The standard InChI is InChI=1S/C10H4F18O3S.K/c11-2(1-3(12,13)14)4(15,16)5(17,18)6(19,20)7(21,22)8(23,24)9(25,26)10(27,28)32(29,30)31;/h2H,1H2,(H,29,30,31);/q;+1/p-1. The molecule has 1 unspecified atom stereocenters. The van der Waals surface area contributed by atoms with Crippen LogP contribution in [0.1, 0.15) is 6.42 Å². The zero-order valence-electron chi connectivity index (χ0n) is 14.7. The molecule has 23 heteroatoms. The van der Waals surface area contributed by atoms with Gasteiger partial charge in [-0.05, 0) is 0 Å². The molecule has 0 rings (SSSR count). The van der Waals surface area contributed by atoms with Crippen molar-refractivity contribution in [1.29, 1.82) is 0 Å². The first-order chi connectivity index (χ1) is 13.4. The van der Waals surface area contributed by atoms with Crippen molar-refractivity contribution in [1.82, 2.24) is 0 Å². The fourth-order valence-corrected chi connectivity index (χ4v) is 2.11. The molecule has 1 atom stereocenters. The van der Waals surface area contributed by atoms with Crippen LogP contribution < -0.4 is 51.4 Å². The van der Waals surface area contributed by atoms with Gasteiger partial charge in [0.15, 0.2) is 16.3 Å². The van der Waals surface area contributed by atoms with Crippen molar-refractivity contribution in [2.75, 3.05) is 0 Å². The zero-order chi connectivity index (χ0) is 26.8. The summed E-state index contributed by atoms with van der Waals surface area (Å²) in [5.41, 5.74) is 0. The van der Waals surface area contributed by atoms with Gasteiger partial charge in [-0.3, -0.25) is 0 Å². The minimum Gasteiger partial charge on any atom is -0.743 e. The molecule has 0 radical (unpaired) electrons. The van der Waals surface area contributed by atoms with Crippen molar-refractivity contribution in [3.8, 4) is 0 Å². The quantitative estimate of drug-likeness (QED) is 0.238. The molecule has 0 spiro atoms. The summed E-state index contributed by atoms with van der Waals surface area (Å²) in [4.78, 5) is 0. The van der Waals surface area contributed by atoms with Crippen molar-refractivity contribution >= 4 is 10.1 Å². The van der Waals surface area contributed by atoms with E-state index in [1.807, 2.05) is 0 Å². The maximum absolute atomic E-state index is 13.3. The molecule has 0 aromatic heterocycles. The van der Waals surface area contributed by atoms with Gasteiger partial charge in [-0.25, -0.2) is 12.8 Å². The van der Waals surface area contributed by atoms with Crippen LogP contribution >= 0.6 is 0 Å². The monoisotopic (exact) mass is 584 g/mol. The van der Waals surface area contributed by atoms with E-state index in [0.717, 1.165) is 0 Å². The Bertz CT molecular complexity index is 803. The van der Waals surface area contributed by atoms with Crippen LogP contribution in [0, 0.1) is 0 Å². The molecule has 0 amide bonds. The molecular weight excluding hydrogens is 581 g/mol. The SMILES string of the molecule is O=S(=O)([O-])C(F)(F)C(F)(F)C(F)(F)C(F)(F)C(F)(F)C(F)(F)C(F)(F)C(F)CC(F)(F)F.[K+]. The Morgan fingerprint density at radius 3 is 1.12 bits per heavy atom. The van der Waals surface area contributed by atoms with Gasteiger partial charge >= 0.3 is 98.4 Å². The van der Waals surface area contributed by atoms with E-state index in [9.17, 15) is 92.0 Å². The molecule has 0 aromatic carbocycles. The van der Waals surface area contributed by atoms with E-state index in [1.165, 1.54) is 0 Å². The summed E-state index contributed by atoms with van der Waals surface area (Å²) in [6, 6.07) is 0. The maximum atomic E-state index is 13.3. The number of hydrogen-bond donors (Lipinski definition) is 0. The molecular formula is C10H3F18KO3S. The number of halogens is 18. The molecule has 0 fully saturated rings. The van der Waals surface area contributed by atoms with Gasteiger partial charge in [0, 0.05) is 0 Å². The molecule has 0 aliphatic carbocycles. The minimum absolute atomic E-state index is 0. The predicted octanol–water partition coefficient (Wildman–Crippen LogP) is 2.23. The molecule has 194 valence electrons. The summed E-state index contributed by atoms with van der Waals surface area (Å²) >= 11 is 0. The molecule has 3 nitrogen and oxygen atoms in total. The van der Waals surface area contributed by atoms with Gasteiger partial charge in [0.25, 0.3) is 0 Å². The Morgan fingerprint density at radius 2 is 0.848 bits per heavy atom. The fraction of sp³-hybridized carbons (Fsp3) is 1.00. The van der Waals surface area contributed by atoms with Gasteiger partial charge in [0.2, 0.25) is 0 Å². The van der Waals surface area contributed by atoms with Crippen LogP contribution in [0.4, 0.5) is 79.0 Å².